The van der Waals surface area contributed by atoms with Gasteiger partial charge in [-0.1, -0.05) is 48.5 Å². The van der Waals surface area contributed by atoms with Crippen LogP contribution in [-0.4, -0.2) is 31.9 Å². The van der Waals surface area contributed by atoms with Crippen molar-refractivity contribution in [1.82, 2.24) is 20.2 Å². The molecule has 0 radical (unpaired) electrons. The fraction of sp³-hybridized carbons (Fsp3) is 0.0455. The molecule has 2 aromatic heterocycles. The van der Waals surface area contributed by atoms with Gasteiger partial charge in [-0.3, -0.25) is 9.59 Å². The average molecular weight is 415 g/mol. The molecule has 1 amide bonds. The number of carbonyl (C=O) groups is 2. The number of aromatic nitrogens is 4. The lowest BCUT2D eigenvalue weighted by Crippen LogP contribution is -2.19. The molecule has 4 rings (SSSR count). The monoisotopic (exact) mass is 415 g/mol. The van der Waals surface area contributed by atoms with Gasteiger partial charge in [-0.2, -0.15) is 4.68 Å². The van der Waals surface area contributed by atoms with Crippen LogP contribution in [0.25, 0.3) is 23.2 Å². The Morgan fingerprint density at radius 2 is 1.87 bits per heavy atom. The molecule has 4 aromatic rings. The van der Waals surface area contributed by atoms with Gasteiger partial charge < -0.3 is 5.32 Å². The first-order valence-electron chi connectivity index (χ1n) is 9.13. The number of thiophene rings is 1. The van der Waals surface area contributed by atoms with Gasteiger partial charge in [-0.05, 0) is 47.0 Å². The maximum atomic E-state index is 13.2. The Hall–Kier alpha value is -3.91. The van der Waals surface area contributed by atoms with Crippen LogP contribution in [0.15, 0.2) is 72.1 Å². The van der Waals surface area contributed by atoms with Crippen LogP contribution in [0.2, 0.25) is 0 Å². The summed E-state index contributed by atoms with van der Waals surface area (Å²) in [5.74, 6) is -0.0214. The predicted octanol–water partition coefficient (Wildman–Crippen LogP) is 4.24. The second-order valence-corrected chi connectivity index (χ2v) is 7.40. The van der Waals surface area contributed by atoms with E-state index in [9.17, 15) is 9.59 Å². The zero-order chi connectivity index (χ0) is 20.9. The van der Waals surface area contributed by atoms with E-state index in [2.05, 4.69) is 20.8 Å². The normalized spacial score (nSPS) is 11.3. The van der Waals surface area contributed by atoms with E-state index in [1.165, 1.54) is 22.9 Å². The molecule has 0 aliphatic carbocycles. The van der Waals surface area contributed by atoms with E-state index in [0.717, 1.165) is 10.4 Å². The van der Waals surface area contributed by atoms with Gasteiger partial charge in [0.15, 0.2) is 11.6 Å². The van der Waals surface area contributed by atoms with Crippen LogP contribution in [0.3, 0.4) is 0 Å². The van der Waals surface area contributed by atoms with Crippen molar-refractivity contribution in [2.75, 3.05) is 5.32 Å². The molecular weight excluding hydrogens is 398 g/mol. The molecule has 1 N–H and O–H groups in total. The Labute approximate surface area is 176 Å². The smallest absolute Gasteiger partial charge is 0.274 e. The van der Waals surface area contributed by atoms with Crippen LogP contribution in [0.5, 0.6) is 0 Å². The molecule has 0 saturated heterocycles. The molecule has 2 heterocycles. The number of nitrogens with one attached hydrogen (secondary N) is 1. The minimum atomic E-state index is -0.395. The van der Waals surface area contributed by atoms with Gasteiger partial charge in [-0.15, -0.1) is 16.4 Å². The summed E-state index contributed by atoms with van der Waals surface area (Å²) < 4.78 is 1.42. The largest absolute Gasteiger partial charge is 0.321 e. The van der Waals surface area contributed by atoms with Crippen LogP contribution in [0.4, 0.5) is 5.69 Å². The second kappa shape index (κ2) is 8.62. The van der Waals surface area contributed by atoms with Crippen molar-refractivity contribution < 1.29 is 9.59 Å². The lowest BCUT2D eigenvalue weighted by molar-refractivity contribution is -0.111. The summed E-state index contributed by atoms with van der Waals surface area (Å²) >= 11 is 1.50. The number of amides is 1. The number of hydrogen-bond donors (Lipinski definition) is 1. The highest BCUT2D eigenvalue weighted by atomic mass is 32.1. The van der Waals surface area contributed by atoms with Crippen LogP contribution < -0.4 is 5.32 Å². The van der Waals surface area contributed by atoms with Crippen molar-refractivity contribution in [3.63, 3.8) is 0 Å². The maximum Gasteiger partial charge on any atom is 0.274 e. The summed E-state index contributed by atoms with van der Waals surface area (Å²) in [4.78, 5) is 25.8. The van der Waals surface area contributed by atoms with Crippen molar-refractivity contribution >= 4 is 40.5 Å². The highest BCUT2D eigenvalue weighted by molar-refractivity contribution is 7.10. The Morgan fingerprint density at radius 1 is 1.03 bits per heavy atom. The van der Waals surface area contributed by atoms with Crippen molar-refractivity contribution in [2.24, 2.45) is 0 Å². The van der Waals surface area contributed by atoms with Crippen LogP contribution in [0, 0.1) is 0 Å². The third-order valence-corrected chi connectivity index (χ3v) is 5.13. The van der Waals surface area contributed by atoms with Gasteiger partial charge >= 0.3 is 0 Å². The summed E-state index contributed by atoms with van der Waals surface area (Å²) in [6.07, 6.45) is 1.73. The fourth-order valence-electron chi connectivity index (χ4n) is 2.86. The summed E-state index contributed by atoms with van der Waals surface area (Å²) in [6, 6.07) is 20.0. The Balaban J connectivity index is 1.74. The molecule has 30 heavy (non-hydrogen) atoms. The third-order valence-electron chi connectivity index (χ3n) is 4.31. The summed E-state index contributed by atoms with van der Waals surface area (Å²) in [7, 11) is 0. The topological polar surface area (TPSA) is 89.8 Å². The van der Waals surface area contributed by atoms with Gasteiger partial charge in [0, 0.05) is 21.7 Å². The lowest BCUT2D eigenvalue weighted by atomic mass is 10.1. The molecule has 148 valence electrons. The third kappa shape index (κ3) is 4.23. The SMILES string of the molecule is CC(=O)c1cccc(NC(=O)C(=Cc2cccs2)n2nnnc2-c2ccccc2)c1. The molecule has 7 nitrogen and oxygen atoms in total. The predicted molar refractivity (Wildman–Crippen MR) is 117 cm³/mol. The van der Waals surface area contributed by atoms with Crippen LogP contribution in [-0.2, 0) is 4.79 Å². The Kier molecular flexibility index (Phi) is 5.58. The first-order chi connectivity index (χ1) is 14.6. The molecule has 0 saturated carbocycles. The van der Waals surface area contributed by atoms with E-state index in [-0.39, 0.29) is 11.5 Å². The fourth-order valence-corrected chi connectivity index (χ4v) is 3.51. The first-order valence-corrected chi connectivity index (χ1v) is 10.0. The number of nitrogens with zero attached hydrogens (tertiary/aromatic N) is 4. The zero-order valence-electron chi connectivity index (χ0n) is 16.0. The molecule has 0 aliphatic rings. The number of carbonyl (C=O) groups excluding carboxylic acids is 2. The average Bonchev–Trinajstić information content (AvgIpc) is 3.45. The van der Waals surface area contributed by atoms with Gasteiger partial charge in [0.2, 0.25) is 0 Å². The molecule has 2 aromatic carbocycles. The Morgan fingerprint density at radius 3 is 2.60 bits per heavy atom. The zero-order valence-corrected chi connectivity index (χ0v) is 16.8. The number of anilines is 1. The molecule has 0 atom stereocenters. The minimum Gasteiger partial charge on any atom is -0.321 e. The number of hydrogen-bond acceptors (Lipinski definition) is 6. The standard InChI is InChI=1S/C22H17N5O2S/c1-15(28)17-9-5-10-18(13-17)23-22(29)20(14-19-11-6-12-30-19)27-21(24-25-26-27)16-7-3-2-4-8-16/h2-14H,1H3,(H,23,29). The molecule has 0 fully saturated rings. The van der Waals surface area contributed by atoms with Crippen LogP contribution in [0.1, 0.15) is 22.2 Å². The summed E-state index contributed by atoms with van der Waals surface area (Å²) in [6.45, 7) is 1.48. The molecule has 0 unspecified atom stereocenters. The van der Waals surface area contributed by atoms with E-state index < -0.39 is 5.91 Å². The number of Topliss-reactive ketones (excluding diaryl/α,β-unsaturated/α-hetero) is 1. The Bertz CT molecular complexity index is 1210. The molecule has 0 spiro atoms. The summed E-state index contributed by atoms with van der Waals surface area (Å²) in [5, 5.41) is 16.7. The van der Waals surface area contributed by atoms with Gasteiger partial charge in [0.05, 0.1) is 0 Å². The highest BCUT2D eigenvalue weighted by Crippen LogP contribution is 2.23. The highest BCUT2D eigenvalue weighted by Gasteiger charge is 2.20. The minimum absolute atomic E-state index is 0.0766. The lowest BCUT2D eigenvalue weighted by Gasteiger charge is -2.11. The number of rotatable bonds is 6. The molecule has 8 heteroatoms. The molecule has 0 bridgehead atoms. The van der Waals surface area contributed by atoms with E-state index in [0.29, 0.717) is 17.1 Å². The van der Waals surface area contributed by atoms with Gasteiger partial charge in [-0.25, -0.2) is 0 Å². The van der Waals surface area contributed by atoms with Gasteiger partial charge in [0.1, 0.15) is 5.70 Å². The van der Waals surface area contributed by atoms with E-state index in [1.807, 2.05) is 47.8 Å². The van der Waals surface area contributed by atoms with Crippen LogP contribution >= 0.6 is 11.3 Å². The van der Waals surface area contributed by atoms with E-state index >= 15 is 0 Å². The van der Waals surface area contributed by atoms with Crippen molar-refractivity contribution in [2.45, 2.75) is 6.92 Å². The molecule has 0 aliphatic heterocycles. The van der Waals surface area contributed by atoms with Crippen molar-refractivity contribution in [3.05, 3.63) is 82.6 Å². The second-order valence-electron chi connectivity index (χ2n) is 6.42. The number of ketones is 1. The van der Waals surface area contributed by atoms with E-state index in [4.69, 9.17) is 0 Å². The number of benzene rings is 2. The number of tetrazole rings is 1. The van der Waals surface area contributed by atoms with Crippen molar-refractivity contribution in [1.29, 1.82) is 0 Å². The van der Waals surface area contributed by atoms with E-state index in [1.54, 1.807) is 30.3 Å². The quantitative estimate of drug-likeness (QED) is 0.376. The molecular formula is C22H17N5O2S. The summed E-state index contributed by atoms with van der Waals surface area (Å²) in [5.41, 5.74) is 2.07. The maximum absolute atomic E-state index is 13.2. The van der Waals surface area contributed by atoms with Crippen molar-refractivity contribution in [3.8, 4) is 11.4 Å². The van der Waals surface area contributed by atoms with Gasteiger partial charge in [0.25, 0.3) is 5.91 Å². The first kappa shape index (κ1) is 19.4.